The van der Waals surface area contributed by atoms with E-state index in [2.05, 4.69) is 54.4 Å². The lowest BCUT2D eigenvalue weighted by Crippen LogP contribution is -2.44. The van der Waals surface area contributed by atoms with Crippen molar-refractivity contribution < 1.29 is 0 Å². The van der Waals surface area contributed by atoms with Crippen molar-refractivity contribution in [2.45, 2.75) is 52.0 Å². The smallest absolute Gasteiger partial charge is 0.0133 e. The van der Waals surface area contributed by atoms with Crippen LogP contribution in [0.5, 0.6) is 0 Å². The van der Waals surface area contributed by atoms with Crippen LogP contribution in [0.3, 0.4) is 0 Å². The molecule has 2 rings (SSSR count). The van der Waals surface area contributed by atoms with Crippen LogP contribution < -0.4 is 5.32 Å². The summed E-state index contributed by atoms with van der Waals surface area (Å²) in [7, 11) is 0. The number of benzene rings is 1. The van der Waals surface area contributed by atoms with Crippen molar-refractivity contribution in [2.24, 2.45) is 5.92 Å². The maximum Gasteiger partial charge on any atom is 0.0133 e. The molecule has 21 heavy (non-hydrogen) atoms. The highest BCUT2D eigenvalue weighted by Gasteiger charge is 2.22. The molecule has 0 spiro atoms. The van der Waals surface area contributed by atoms with Gasteiger partial charge in [-0.15, -0.1) is 0 Å². The molecule has 2 nitrogen and oxygen atoms in total. The van der Waals surface area contributed by atoms with Crippen LogP contribution >= 0.6 is 0 Å². The van der Waals surface area contributed by atoms with Crippen LogP contribution in [-0.2, 0) is 6.42 Å². The van der Waals surface area contributed by atoms with Gasteiger partial charge in [0.15, 0.2) is 0 Å². The Bertz CT molecular complexity index is 370. The lowest BCUT2D eigenvalue weighted by molar-refractivity contribution is 0.148. The Labute approximate surface area is 130 Å². The fraction of sp³-hybridized carbons (Fsp3) is 0.684. The zero-order valence-electron chi connectivity index (χ0n) is 13.9. The number of rotatable bonds is 8. The van der Waals surface area contributed by atoms with Crippen molar-refractivity contribution in [2.75, 3.05) is 26.2 Å². The van der Waals surface area contributed by atoms with Crippen LogP contribution in [-0.4, -0.2) is 37.1 Å². The van der Waals surface area contributed by atoms with Crippen LogP contribution in [0.25, 0.3) is 0 Å². The molecule has 2 unspecified atom stereocenters. The summed E-state index contributed by atoms with van der Waals surface area (Å²) in [6.07, 6.45) is 6.44. The van der Waals surface area contributed by atoms with Crippen molar-refractivity contribution in [3.05, 3.63) is 35.9 Å². The fourth-order valence-corrected chi connectivity index (χ4v) is 3.54. The van der Waals surface area contributed by atoms with Crippen molar-refractivity contribution >= 4 is 0 Å². The minimum absolute atomic E-state index is 0.689. The largest absolute Gasteiger partial charge is 0.316 e. The van der Waals surface area contributed by atoms with Crippen molar-refractivity contribution in [3.63, 3.8) is 0 Å². The summed E-state index contributed by atoms with van der Waals surface area (Å²) in [6.45, 7) is 9.58. The molecular weight excluding hydrogens is 256 g/mol. The first kappa shape index (κ1) is 16.5. The summed E-state index contributed by atoms with van der Waals surface area (Å²) in [5, 5.41) is 3.56. The van der Waals surface area contributed by atoms with E-state index in [0.717, 1.165) is 5.92 Å². The molecule has 1 aliphatic heterocycles. The third kappa shape index (κ3) is 5.44. The minimum Gasteiger partial charge on any atom is -0.316 e. The lowest BCUT2D eigenvalue weighted by atomic mass is 9.96. The Hall–Kier alpha value is -0.860. The Kier molecular flexibility index (Phi) is 7.25. The van der Waals surface area contributed by atoms with E-state index in [1.807, 2.05) is 0 Å². The van der Waals surface area contributed by atoms with Crippen LogP contribution in [0.15, 0.2) is 30.3 Å². The maximum absolute atomic E-state index is 3.56. The standard InChI is InChI=1S/C19H32N2/c1-3-13-21(16-18-11-8-12-20-15-18)19(4-2)14-17-9-6-5-7-10-17/h5-7,9-10,18-20H,3-4,8,11-16H2,1-2H3. The first-order valence-corrected chi connectivity index (χ1v) is 8.82. The number of nitrogens with zero attached hydrogens (tertiary/aromatic N) is 1. The Morgan fingerprint density at radius 1 is 1.24 bits per heavy atom. The summed E-state index contributed by atoms with van der Waals surface area (Å²) in [4.78, 5) is 2.75. The van der Waals surface area contributed by atoms with E-state index >= 15 is 0 Å². The molecule has 118 valence electrons. The van der Waals surface area contributed by atoms with Crippen molar-refractivity contribution in [1.29, 1.82) is 0 Å². The molecule has 1 aromatic carbocycles. The van der Waals surface area contributed by atoms with Gasteiger partial charge in [-0.05, 0) is 63.2 Å². The van der Waals surface area contributed by atoms with Crippen molar-refractivity contribution in [3.8, 4) is 0 Å². The van der Waals surface area contributed by atoms with E-state index in [0.29, 0.717) is 6.04 Å². The van der Waals surface area contributed by atoms with E-state index in [4.69, 9.17) is 0 Å². The highest BCUT2D eigenvalue weighted by atomic mass is 15.2. The SMILES string of the molecule is CCCN(CC1CCCNC1)C(CC)Cc1ccccc1. The third-order valence-electron chi connectivity index (χ3n) is 4.70. The van der Waals surface area contributed by atoms with E-state index < -0.39 is 0 Å². The molecular formula is C19H32N2. The Morgan fingerprint density at radius 3 is 2.67 bits per heavy atom. The van der Waals surface area contributed by atoms with Gasteiger partial charge in [0.25, 0.3) is 0 Å². The van der Waals surface area contributed by atoms with E-state index in [1.54, 1.807) is 0 Å². The molecule has 0 amide bonds. The predicted molar refractivity (Wildman–Crippen MR) is 91.7 cm³/mol. The molecule has 0 bridgehead atoms. The average molecular weight is 288 g/mol. The second kappa shape index (κ2) is 9.22. The highest BCUT2D eigenvalue weighted by Crippen LogP contribution is 2.18. The molecule has 1 aromatic rings. The Morgan fingerprint density at radius 2 is 2.05 bits per heavy atom. The monoisotopic (exact) mass is 288 g/mol. The van der Waals surface area contributed by atoms with Gasteiger partial charge < -0.3 is 5.32 Å². The van der Waals surface area contributed by atoms with Crippen LogP contribution in [0, 0.1) is 5.92 Å². The number of hydrogen-bond acceptors (Lipinski definition) is 2. The topological polar surface area (TPSA) is 15.3 Å². The zero-order valence-corrected chi connectivity index (χ0v) is 13.9. The van der Waals surface area contributed by atoms with Crippen LogP contribution in [0.4, 0.5) is 0 Å². The van der Waals surface area contributed by atoms with Gasteiger partial charge in [-0.1, -0.05) is 44.2 Å². The minimum atomic E-state index is 0.689. The molecule has 2 atom stereocenters. The van der Waals surface area contributed by atoms with E-state index in [9.17, 15) is 0 Å². The summed E-state index contributed by atoms with van der Waals surface area (Å²) in [6, 6.07) is 11.7. The molecule has 2 heteroatoms. The molecule has 1 heterocycles. The zero-order chi connectivity index (χ0) is 14.9. The van der Waals surface area contributed by atoms with Gasteiger partial charge in [-0.25, -0.2) is 0 Å². The van der Waals surface area contributed by atoms with Gasteiger partial charge in [0.05, 0.1) is 0 Å². The number of piperidine rings is 1. The number of hydrogen-bond donors (Lipinski definition) is 1. The molecule has 0 radical (unpaired) electrons. The third-order valence-corrected chi connectivity index (χ3v) is 4.70. The molecule has 0 aliphatic carbocycles. The van der Waals surface area contributed by atoms with Gasteiger partial charge in [-0.3, -0.25) is 4.90 Å². The lowest BCUT2D eigenvalue weighted by Gasteiger charge is -2.35. The van der Waals surface area contributed by atoms with Crippen LogP contribution in [0.2, 0.25) is 0 Å². The van der Waals surface area contributed by atoms with Crippen LogP contribution in [0.1, 0.15) is 45.1 Å². The summed E-state index contributed by atoms with van der Waals surface area (Å²) in [5.41, 5.74) is 1.48. The van der Waals surface area contributed by atoms with Gasteiger partial charge >= 0.3 is 0 Å². The van der Waals surface area contributed by atoms with E-state index in [1.165, 1.54) is 63.8 Å². The molecule has 1 saturated heterocycles. The molecule has 0 aromatic heterocycles. The van der Waals surface area contributed by atoms with Gasteiger partial charge in [0.2, 0.25) is 0 Å². The second-order valence-electron chi connectivity index (χ2n) is 6.46. The van der Waals surface area contributed by atoms with Crippen molar-refractivity contribution in [1.82, 2.24) is 10.2 Å². The summed E-state index contributed by atoms with van der Waals surface area (Å²) < 4.78 is 0. The van der Waals surface area contributed by atoms with Gasteiger partial charge in [0.1, 0.15) is 0 Å². The second-order valence-corrected chi connectivity index (χ2v) is 6.46. The summed E-state index contributed by atoms with van der Waals surface area (Å²) >= 11 is 0. The predicted octanol–water partition coefficient (Wildman–Crippen LogP) is 3.72. The number of nitrogens with one attached hydrogen (secondary N) is 1. The molecule has 1 fully saturated rings. The molecule has 1 N–H and O–H groups in total. The first-order chi connectivity index (χ1) is 10.3. The van der Waals surface area contributed by atoms with Gasteiger partial charge in [0, 0.05) is 12.6 Å². The average Bonchev–Trinajstić information content (AvgIpc) is 2.54. The van der Waals surface area contributed by atoms with E-state index in [-0.39, 0.29) is 0 Å². The molecule has 0 saturated carbocycles. The normalized spacial score (nSPS) is 20.6. The summed E-state index contributed by atoms with van der Waals surface area (Å²) in [5.74, 6) is 0.843. The van der Waals surface area contributed by atoms with Gasteiger partial charge in [-0.2, -0.15) is 0 Å². The highest BCUT2D eigenvalue weighted by molar-refractivity contribution is 5.15. The maximum atomic E-state index is 3.56. The quantitative estimate of drug-likeness (QED) is 0.784. The molecule has 1 aliphatic rings. The Balaban J connectivity index is 1.95. The first-order valence-electron chi connectivity index (χ1n) is 8.82. The fourth-order valence-electron chi connectivity index (χ4n) is 3.54.